The Hall–Kier alpha value is -3.83. The number of pyridine rings is 1. The Labute approximate surface area is 247 Å². The van der Waals surface area contributed by atoms with Gasteiger partial charge in [0.2, 0.25) is 11.8 Å². The van der Waals surface area contributed by atoms with Gasteiger partial charge in [-0.25, -0.2) is 5.43 Å². The number of hydrogen-bond donors (Lipinski definition) is 3. The number of likely N-dealkylation sites (N-methyl/N-ethyl adjacent to an activating group) is 1. The lowest BCUT2D eigenvalue weighted by Gasteiger charge is -2.36. The summed E-state index contributed by atoms with van der Waals surface area (Å²) in [6.45, 7) is 9.23. The fourth-order valence-electron chi connectivity index (χ4n) is 4.61. The van der Waals surface area contributed by atoms with Gasteiger partial charge in [0.25, 0.3) is 5.91 Å². The van der Waals surface area contributed by atoms with Crippen molar-refractivity contribution in [3.8, 4) is 0 Å². The predicted octanol–water partition coefficient (Wildman–Crippen LogP) is 2.42. The fraction of sp³-hybridized carbons (Fsp3) is 0.516. The Morgan fingerprint density at radius 2 is 1.90 bits per heavy atom. The molecule has 0 spiro atoms. The number of rotatable bonds is 10. The number of hydrazine groups is 1. The Bertz CT molecular complexity index is 1340. The van der Waals surface area contributed by atoms with E-state index in [1.165, 1.54) is 12.1 Å². The Kier molecular flexibility index (Phi) is 10.8. The van der Waals surface area contributed by atoms with Crippen molar-refractivity contribution in [1.82, 2.24) is 25.6 Å². The van der Waals surface area contributed by atoms with E-state index >= 15 is 0 Å². The van der Waals surface area contributed by atoms with Crippen molar-refractivity contribution >= 4 is 40.7 Å². The van der Waals surface area contributed by atoms with Crippen LogP contribution in [0.4, 0.5) is 0 Å². The van der Waals surface area contributed by atoms with Crippen LogP contribution in [0.3, 0.4) is 0 Å². The number of aliphatic hydroxyl groups excluding tert-OH is 1. The maximum absolute atomic E-state index is 13.3. The molecule has 3 amide bonds. The molecule has 3 N–H and O–H groups in total. The number of amides is 3. The number of aliphatic hydroxyl groups is 1. The number of carbonyl (C=O) groups is 4. The number of carbonyl (C=O) groups excluding carboxylic acids is 4. The standard InChI is InChI=1S/C31H43N5O6/c1-19(2)26(37)27(38)32-20(3)28(39)36-16-8-9-24(34-36)29(40)35(6)18-23-13-12-22-11-10-21(17-25(22)33-23)14-15-31(4,5)30(41)42-7/h10-15,17,19-20,24,26,34,37H,8-9,16,18H2,1-7H3,(H,32,38)/t20-,24-,26-/m0/s1. The summed E-state index contributed by atoms with van der Waals surface area (Å²) in [5, 5.41) is 14.8. The van der Waals surface area contributed by atoms with E-state index in [-0.39, 0.29) is 30.2 Å². The quantitative estimate of drug-likeness (QED) is 0.364. The molecule has 2 heterocycles. The molecule has 1 aromatic carbocycles. The summed E-state index contributed by atoms with van der Waals surface area (Å²) in [5.41, 5.74) is 4.60. The first-order valence-electron chi connectivity index (χ1n) is 14.2. The summed E-state index contributed by atoms with van der Waals surface area (Å²) >= 11 is 0. The van der Waals surface area contributed by atoms with Gasteiger partial charge in [0, 0.05) is 19.0 Å². The molecule has 3 atom stereocenters. The highest BCUT2D eigenvalue weighted by Gasteiger charge is 2.33. The van der Waals surface area contributed by atoms with Gasteiger partial charge in [0.1, 0.15) is 18.2 Å². The van der Waals surface area contributed by atoms with Crippen LogP contribution < -0.4 is 10.7 Å². The highest BCUT2D eigenvalue weighted by molar-refractivity contribution is 5.89. The summed E-state index contributed by atoms with van der Waals surface area (Å²) in [4.78, 5) is 56.8. The van der Waals surface area contributed by atoms with E-state index in [1.54, 1.807) is 52.6 Å². The minimum atomic E-state index is -1.21. The largest absolute Gasteiger partial charge is 0.468 e. The third-order valence-corrected chi connectivity index (χ3v) is 7.33. The molecular weight excluding hydrogens is 538 g/mol. The van der Waals surface area contributed by atoms with Gasteiger partial charge in [0.15, 0.2) is 0 Å². The zero-order valence-electron chi connectivity index (χ0n) is 25.5. The molecule has 1 aliphatic rings. The lowest BCUT2D eigenvalue weighted by Crippen LogP contribution is -2.61. The third-order valence-electron chi connectivity index (χ3n) is 7.33. The number of nitrogens with one attached hydrogen (secondary N) is 2. The molecule has 0 saturated carbocycles. The number of aromatic nitrogens is 1. The van der Waals surface area contributed by atoms with Crippen LogP contribution in [-0.2, 0) is 30.5 Å². The number of hydrogen-bond acceptors (Lipinski definition) is 8. The minimum absolute atomic E-state index is 0.178. The first-order chi connectivity index (χ1) is 19.7. The maximum Gasteiger partial charge on any atom is 0.315 e. The van der Waals surface area contributed by atoms with Gasteiger partial charge in [-0.2, -0.15) is 0 Å². The van der Waals surface area contributed by atoms with E-state index in [9.17, 15) is 24.3 Å². The second-order valence-corrected chi connectivity index (χ2v) is 11.7. The summed E-state index contributed by atoms with van der Waals surface area (Å²) in [5.74, 6) is -1.76. The highest BCUT2D eigenvalue weighted by atomic mass is 16.5. The van der Waals surface area contributed by atoms with Gasteiger partial charge in [-0.15, -0.1) is 0 Å². The van der Waals surface area contributed by atoms with Crippen LogP contribution in [0, 0.1) is 11.3 Å². The second kappa shape index (κ2) is 13.9. The van der Waals surface area contributed by atoms with Crippen LogP contribution in [0.5, 0.6) is 0 Å². The topological polar surface area (TPSA) is 141 Å². The molecule has 3 rings (SSSR count). The van der Waals surface area contributed by atoms with E-state index in [0.29, 0.717) is 25.1 Å². The van der Waals surface area contributed by atoms with Crippen molar-refractivity contribution in [2.45, 2.75) is 72.2 Å². The molecule has 0 aliphatic carbocycles. The monoisotopic (exact) mass is 581 g/mol. The van der Waals surface area contributed by atoms with E-state index in [4.69, 9.17) is 9.72 Å². The zero-order valence-corrected chi connectivity index (χ0v) is 25.5. The van der Waals surface area contributed by atoms with Crippen LogP contribution in [-0.4, -0.2) is 82.6 Å². The van der Waals surface area contributed by atoms with Crippen molar-refractivity contribution in [3.05, 3.63) is 47.7 Å². The summed E-state index contributed by atoms with van der Waals surface area (Å²) in [7, 11) is 3.06. The highest BCUT2D eigenvalue weighted by Crippen LogP contribution is 2.23. The van der Waals surface area contributed by atoms with E-state index in [0.717, 1.165) is 16.5 Å². The molecule has 228 valence electrons. The molecule has 1 saturated heterocycles. The van der Waals surface area contributed by atoms with Crippen LogP contribution in [0.1, 0.15) is 58.7 Å². The first kappa shape index (κ1) is 32.7. The molecule has 0 bridgehead atoms. The molecule has 0 unspecified atom stereocenters. The number of ether oxygens (including phenoxy) is 1. The molecule has 2 aromatic rings. The van der Waals surface area contributed by atoms with Crippen molar-refractivity contribution < 1.29 is 29.0 Å². The molecule has 11 nitrogen and oxygen atoms in total. The lowest BCUT2D eigenvalue weighted by atomic mass is 9.92. The van der Waals surface area contributed by atoms with E-state index in [2.05, 4.69) is 10.7 Å². The van der Waals surface area contributed by atoms with Crippen molar-refractivity contribution in [2.75, 3.05) is 20.7 Å². The van der Waals surface area contributed by atoms with Gasteiger partial charge in [0.05, 0.1) is 30.3 Å². The van der Waals surface area contributed by atoms with Crippen molar-refractivity contribution in [1.29, 1.82) is 0 Å². The van der Waals surface area contributed by atoms with Gasteiger partial charge >= 0.3 is 5.97 Å². The molecule has 11 heteroatoms. The summed E-state index contributed by atoms with van der Waals surface area (Å²) < 4.78 is 4.86. The van der Waals surface area contributed by atoms with Crippen LogP contribution in [0.25, 0.3) is 17.0 Å². The Morgan fingerprint density at radius 1 is 1.21 bits per heavy atom. The van der Waals surface area contributed by atoms with Crippen LogP contribution >= 0.6 is 0 Å². The number of benzene rings is 1. The van der Waals surface area contributed by atoms with Crippen LogP contribution in [0.2, 0.25) is 0 Å². The third kappa shape index (κ3) is 8.13. The normalized spacial score (nSPS) is 17.3. The average molecular weight is 582 g/mol. The molecule has 1 aliphatic heterocycles. The van der Waals surface area contributed by atoms with Crippen LogP contribution in [0.15, 0.2) is 36.4 Å². The average Bonchev–Trinajstić information content (AvgIpc) is 2.97. The number of nitrogens with zero attached hydrogens (tertiary/aromatic N) is 3. The van der Waals surface area contributed by atoms with Crippen molar-refractivity contribution in [3.63, 3.8) is 0 Å². The summed E-state index contributed by atoms with van der Waals surface area (Å²) in [6, 6.07) is 8.19. The van der Waals surface area contributed by atoms with E-state index in [1.807, 2.05) is 36.4 Å². The Balaban J connectivity index is 1.64. The second-order valence-electron chi connectivity index (χ2n) is 11.7. The fourth-order valence-corrected chi connectivity index (χ4v) is 4.61. The molecule has 1 aromatic heterocycles. The Morgan fingerprint density at radius 3 is 2.57 bits per heavy atom. The lowest BCUT2D eigenvalue weighted by molar-refractivity contribution is -0.148. The number of esters is 1. The van der Waals surface area contributed by atoms with Gasteiger partial charge < -0.3 is 20.1 Å². The first-order valence-corrected chi connectivity index (χ1v) is 14.2. The number of methoxy groups -OCH3 is 1. The molecule has 42 heavy (non-hydrogen) atoms. The zero-order chi connectivity index (χ0) is 31.2. The SMILES string of the molecule is COC(=O)C(C)(C)C=Cc1ccc2ccc(CN(C)C(=O)[C@@H]3CCCN(C(=O)[C@H](C)NC(=O)[C@@H](O)C(C)C)N3)nc2c1. The predicted molar refractivity (Wildman–Crippen MR) is 159 cm³/mol. The van der Waals surface area contributed by atoms with Gasteiger partial charge in [-0.1, -0.05) is 44.2 Å². The molecular formula is C31H43N5O6. The minimum Gasteiger partial charge on any atom is -0.468 e. The van der Waals surface area contributed by atoms with Gasteiger partial charge in [-0.05, 0) is 57.2 Å². The van der Waals surface area contributed by atoms with E-state index < -0.39 is 29.5 Å². The summed E-state index contributed by atoms with van der Waals surface area (Å²) in [6.07, 6.45) is 3.63. The molecule has 1 fully saturated rings. The van der Waals surface area contributed by atoms with Gasteiger partial charge in [-0.3, -0.25) is 29.2 Å². The number of fused-ring (bicyclic) bond motifs is 1. The molecule has 0 radical (unpaired) electrons. The van der Waals surface area contributed by atoms with Crippen molar-refractivity contribution in [2.24, 2.45) is 11.3 Å². The maximum atomic E-state index is 13.3. The smallest absolute Gasteiger partial charge is 0.315 e.